The van der Waals surface area contributed by atoms with Crippen molar-refractivity contribution in [3.05, 3.63) is 85.0 Å². The van der Waals surface area contributed by atoms with E-state index in [1.165, 1.54) is 4.88 Å². The Bertz CT molecular complexity index is 1460. The first-order valence-electron chi connectivity index (χ1n) is 11.4. The number of rotatable bonds is 6. The van der Waals surface area contributed by atoms with Crippen molar-refractivity contribution in [2.45, 2.75) is 60.7 Å². The molecule has 0 saturated heterocycles. The Morgan fingerprint density at radius 1 is 1.06 bits per heavy atom. The van der Waals surface area contributed by atoms with Crippen molar-refractivity contribution in [3.8, 4) is 22.8 Å². The molecular formula is C27H30N4O3S. The summed E-state index contributed by atoms with van der Waals surface area (Å²) in [7, 11) is 0. The minimum atomic E-state index is -1.16. The molecular weight excluding hydrogens is 460 g/mol. The molecule has 1 aromatic carbocycles. The Balaban J connectivity index is 1.76. The van der Waals surface area contributed by atoms with Crippen molar-refractivity contribution in [2.75, 3.05) is 0 Å². The lowest BCUT2D eigenvalue weighted by Crippen LogP contribution is -2.26. The van der Waals surface area contributed by atoms with Crippen LogP contribution < -0.4 is 10.3 Å². The van der Waals surface area contributed by atoms with E-state index in [9.17, 15) is 9.90 Å². The first-order chi connectivity index (χ1) is 16.5. The summed E-state index contributed by atoms with van der Waals surface area (Å²) in [5, 5.41) is 12.4. The molecule has 0 spiro atoms. The summed E-state index contributed by atoms with van der Waals surface area (Å²) < 4.78 is 7.53. The van der Waals surface area contributed by atoms with E-state index in [1.807, 2.05) is 44.4 Å². The van der Waals surface area contributed by atoms with Gasteiger partial charge in [-0.1, -0.05) is 12.1 Å². The summed E-state index contributed by atoms with van der Waals surface area (Å²) in [5.41, 5.74) is 4.24. The van der Waals surface area contributed by atoms with Crippen molar-refractivity contribution in [1.29, 1.82) is 0 Å². The van der Waals surface area contributed by atoms with Gasteiger partial charge >= 0.3 is 0 Å². The molecule has 0 aliphatic carbocycles. The molecule has 1 N–H and O–H groups in total. The van der Waals surface area contributed by atoms with Gasteiger partial charge in [-0.05, 0) is 77.1 Å². The fraction of sp³-hybridized carbons (Fsp3) is 0.333. The van der Waals surface area contributed by atoms with Gasteiger partial charge in [0.15, 0.2) is 5.82 Å². The number of aliphatic hydroxyl groups is 1. The van der Waals surface area contributed by atoms with E-state index >= 15 is 0 Å². The Morgan fingerprint density at radius 3 is 2.46 bits per heavy atom. The van der Waals surface area contributed by atoms with Crippen LogP contribution in [0.5, 0.6) is 5.88 Å². The second-order valence-corrected chi connectivity index (χ2v) is 10.5. The third kappa shape index (κ3) is 5.04. The van der Waals surface area contributed by atoms with Gasteiger partial charge in [0.25, 0.3) is 5.56 Å². The molecule has 4 aromatic rings. The molecule has 3 aromatic heterocycles. The average Bonchev–Trinajstić information content (AvgIpc) is 3.21. The second-order valence-electron chi connectivity index (χ2n) is 9.37. The number of aryl methyl sites for hydroxylation is 4. The van der Waals surface area contributed by atoms with E-state index in [0.717, 1.165) is 27.9 Å². The van der Waals surface area contributed by atoms with Crippen molar-refractivity contribution in [3.63, 3.8) is 0 Å². The Hall–Kier alpha value is -3.36. The van der Waals surface area contributed by atoms with Gasteiger partial charge in [-0.3, -0.25) is 9.36 Å². The molecule has 7 nitrogen and oxygen atoms in total. The summed E-state index contributed by atoms with van der Waals surface area (Å²) in [5.74, 6) is 1.23. The Kier molecular flexibility index (Phi) is 6.62. The number of benzene rings is 1. The van der Waals surface area contributed by atoms with Crippen LogP contribution in [0.25, 0.3) is 16.9 Å². The van der Waals surface area contributed by atoms with Crippen LogP contribution in [-0.2, 0) is 12.2 Å². The van der Waals surface area contributed by atoms with E-state index in [1.54, 1.807) is 49.8 Å². The summed E-state index contributed by atoms with van der Waals surface area (Å²) >= 11 is 1.66. The van der Waals surface area contributed by atoms with Gasteiger partial charge in [-0.15, -0.1) is 11.3 Å². The SMILES string of the molecule is Cc1cc(COc2nc(C)n(-c3cc(-c4nc(C(C)(C)O)ncc4C)ccc3C)c(=O)c2C)cs1. The van der Waals surface area contributed by atoms with E-state index in [2.05, 4.69) is 21.0 Å². The fourth-order valence-corrected chi connectivity index (χ4v) is 4.56. The van der Waals surface area contributed by atoms with Gasteiger partial charge < -0.3 is 9.84 Å². The fourth-order valence-electron chi connectivity index (χ4n) is 3.86. The molecule has 0 radical (unpaired) electrons. The minimum Gasteiger partial charge on any atom is -0.472 e. The lowest BCUT2D eigenvalue weighted by Gasteiger charge is -2.19. The predicted octanol–water partition coefficient (Wildman–Crippen LogP) is 5.10. The lowest BCUT2D eigenvalue weighted by molar-refractivity contribution is 0.0688. The van der Waals surface area contributed by atoms with Gasteiger partial charge in [0, 0.05) is 22.2 Å². The third-order valence-corrected chi connectivity index (χ3v) is 6.74. The number of thiophene rings is 1. The molecule has 0 fully saturated rings. The van der Waals surface area contributed by atoms with Crippen LogP contribution in [0.2, 0.25) is 0 Å². The zero-order chi connectivity index (χ0) is 25.5. The average molecular weight is 491 g/mol. The highest BCUT2D eigenvalue weighted by atomic mass is 32.1. The zero-order valence-corrected chi connectivity index (χ0v) is 21.9. The van der Waals surface area contributed by atoms with Crippen LogP contribution in [0.3, 0.4) is 0 Å². The first-order valence-corrected chi connectivity index (χ1v) is 12.3. The standard InChI is InChI=1S/C27H30N4O3S/c1-15-8-9-21(23-16(2)12-28-26(30-23)27(6,7)33)11-22(15)31-19(5)29-24(18(4)25(31)32)34-13-20-10-17(3)35-14-20/h8-12,14,33H,13H2,1-7H3. The van der Waals surface area contributed by atoms with Crippen molar-refractivity contribution < 1.29 is 9.84 Å². The lowest BCUT2D eigenvalue weighted by atomic mass is 10.0. The van der Waals surface area contributed by atoms with E-state index < -0.39 is 5.60 Å². The van der Waals surface area contributed by atoms with Crippen LogP contribution in [-0.4, -0.2) is 24.6 Å². The maximum Gasteiger partial charge on any atom is 0.264 e. The molecule has 8 heteroatoms. The normalized spacial score (nSPS) is 11.7. The van der Waals surface area contributed by atoms with Gasteiger partial charge in [0.2, 0.25) is 5.88 Å². The van der Waals surface area contributed by atoms with Crippen LogP contribution >= 0.6 is 11.3 Å². The molecule has 0 atom stereocenters. The minimum absolute atomic E-state index is 0.175. The largest absolute Gasteiger partial charge is 0.472 e. The molecule has 35 heavy (non-hydrogen) atoms. The molecule has 182 valence electrons. The molecule has 4 rings (SSSR count). The summed E-state index contributed by atoms with van der Waals surface area (Å²) in [6.45, 7) is 13.1. The van der Waals surface area contributed by atoms with Crippen molar-refractivity contribution in [2.24, 2.45) is 0 Å². The van der Waals surface area contributed by atoms with E-state index in [-0.39, 0.29) is 5.56 Å². The van der Waals surface area contributed by atoms with Gasteiger partial charge in [-0.25, -0.2) is 9.97 Å². The van der Waals surface area contributed by atoms with Gasteiger partial charge in [0.05, 0.1) is 16.9 Å². The Morgan fingerprint density at radius 2 is 1.80 bits per heavy atom. The van der Waals surface area contributed by atoms with E-state index in [0.29, 0.717) is 35.4 Å². The van der Waals surface area contributed by atoms with Crippen LogP contribution in [0.4, 0.5) is 0 Å². The molecule has 0 unspecified atom stereocenters. The highest BCUT2D eigenvalue weighted by molar-refractivity contribution is 7.10. The quantitative estimate of drug-likeness (QED) is 0.404. The number of aromatic nitrogens is 4. The monoisotopic (exact) mass is 490 g/mol. The molecule has 0 aliphatic rings. The van der Waals surface area contributed by atoms with Crippen LogP contribution in [0, 0.1) is 34.6 Å². The zero-order valence-electron chi connectivity index (χ0n) is 21.1. The summed E-state index contributed by atoms with van der Waals surface area (Å²) in [6.07, 6.45) is 1.71. The Labute approximate surface area is 209 Å². The number of ether oxygens (including phenoxy) is 1. The highest BCUT2D eigenvalue weighted by Gasteiger charge is 2.22. The van der Waals surface area contributed by atoms with Crippen molar-refractivity contribution in [1.82, 2.24) is 19.5 Å². The molecule has 0 aliphatic heterocycles. The van der Waals surface area contributed by atoms with E-state index in [4.69, 9.17) is 4.74 Å². The van der Waals surface area contributed by atoms with Gasteiger partial charge in [-0.2, -0.15) is 4.98 Å². The smallest absolute Gasteiger partial charge is 0.264 e. The maximum atomic E-state index is 13.5. The topological polar surface area (TPSA) is 90.1 Å². The van der Waals surface area contributed by atoms with Gasteiger partial charge in [0.1, 0.15) is 18.0 Å². The maximum absolute atomic E-state index is 13.5. The highest BCUT2D eigenvalue weighted by Crippen LogP contribution is 2.28. The molecule has 0 bridgehead atoms. The first kappa shape index (κ1) is 24.8. The number of hydrogen-bond donors (Lipinski definition) is 1. The molecule has 3 heterocycles. The second kappa shape index (κ2) is 9.36. The van der Waals surface area contributed by atoms with Crippen molar-refractivity contribution >= 4 is 11.3 Å². The van der Waals surface area contributed by atoms with Crippen LogP contribution in [0.15, 0.2) is 40.6 Å². The predicted molar refractivity (Wildman–Crippen MR) is 138 cm³/mol. The summed E-state index contributed by atoms with van der Waals surface area (Å²) in [4.78, 5) is 28.2. The summed E-state index contributed by atoms with van der Waals surface area (Å²) in [6, 6.07) is 7.92. The molecule has 0 saturated carbocycles. The number of nitrogens with zero attached hydrogens (tertiary/aromatic N) is 4. The van der Waals surface area contributed by atoms with Crippen LogP contribution in [0.1, 0.15) is 52.6 Å². The third-order valence-electron chi connectivity index (χ3n) is 5.83. The number of hydrogen-bond acceptors (Lipinski definition) is 7. The molecule has 0 amide bonds.